The summed E-state index contributed by atoms with van der Waals surface area (Å²) in [6.07, 6.45) is 2.02. The Morgan fingerprint density at radius 1 is 0.935 bits per heavy atom. The number of ether oxygens (including phenoxy) is 2. The van der Waals surface area contributed by atoms with Crippen LogP contribution in [-0.2, 0) is 17.9 Å². The first-order chi connectivity index (χ1) is 15.1. The van der Waals surface area contributed by atoms with E-state index < -0.39 is 0 Å². The number of nitrogens with zero attached hydrogens (tertiary/aromatic N) is 1. The molecule has 0 amide bonds. The molecular weight excluding hydrogens is 386 g/mol. The van der Waals surface area contributed by atoms with E-state index in [0.29, 0.717) is 24.6 Å². The Morgan fingerprint density at radius 3 is 2.48 bits per heavy atom. The minimum absolute atomic E-state index is 0.314. The number of hydrogen-bond donors (Lipinski definition) is 0. The smallest absolute Gasteiger partial charge is 0.338 e. The number of carbonyl (C=O) groups excluding carboxylic acids is 1. The van der Waals surface area contributed by atoms with E-state index in [1.807, 2.05) is 42.6 Å². The average Bonchev–Trinajstić information content (AvgIpc) is 3.21. The molecular formula is C27H27NO3. The molecule has 0 radical (unpaired) electrons. The molecule has 4 nitrogen and oxygen atoms in total. The van der Waals surface area contributed by atoms with E-state index in [0.717, 1.165) is 22.2 Å². The predicted octanol–water partition coefficient (Wildman–Crippen LogP) is 6.18. The van der Waals surface area contributed by atoms with E-state index in [4.69, 9.17) is 9.47 Å². The fourth-order valence-electron chi connectivity index (χ4n) is 3.86. The Morgan fingerprint density at radius 2 is 1.74 bits per heavy atom. The standard InChI is InChI=1S/C27H27NO3/c1-19(2)24-16-21(12-13-26(24)31-18-20-8-5-4-6-9-20)17-28-15-14-22-23(27(29)30-3)10-7-11-25(22)28/h4-16,19H,17-18H2,1-3H3. The number of esters is 1. The molecule has 0 aliphatic heterocycles. The maximum atomic E-state index is 12.1. The summed E-state index contributed by atoms with van der Waals surface area (Å²) in [6.45, 7) is 5.63. The van der Waals surface area contributed by atoms with E-state index in [-0.39, 0.29) is 5.97 Å². The van der Waals surface area contributed by atoms with E-state index >= 15 is 0 Å². The van der Waals surface area contributed by atoms with Gasteiger partial charge in [0.05, 0.1) is 12.7 Å². The molecule has 3 aromatic carbocycles. The molecule has 4 aromatic rings. The molecule has 4 rings (SSSR count). The first-order valence-corrected chi connectivity index (χ1v) is 10.5. The summed E-state index contributed by atoms with van der Waals surface area (Å²) in [6, 6.07) is 24.3. The molecule has 0 spiro atoms. The van der Waals surface area contributed by atoms with Gasteiger partial charge in [0.1, 0.15) is 12.4 Å². The van der Waals surface area contributed by atoms with Crippen molar-refractivity contribution in [1.29, 1.82) is 0 Å². The van der Waals surface area contributed by atoms with Gasteiger partial charge in [-0.25, -0.2) is 4.79 Å². The van der Waals surface area contributed by atoms with Crippen LogP contribution in [0.25, 0.3) is 10.9 Å². The molecule has 4 heteroatoms. The van der Waals surface area contributed by atoms with Gasteiger partial charge in [0.15, 0.2) is 0 Å². The lowest BCUT2D eigenvalue weighted by Gasteiger charge is -2.16. The van der Waals surface area contributed by atoms with Gasteiger partial charge in [0.2, 0.25) is 0 Å². The van der Waals surface area contributed by atoms with Crippen LogP contribution in [0.5, 0.6) is 5.75 Å². The van der Waals surface area contributed by atoms with Crippen molar-refractivity contribution in [2.24, 2.45) is 0 Å². The van der Waals surface area contributed by atoms with Gasteiger partial charge in [0, 0.05) is 23.6 Å². The van der Waals surface area contributed by atoms with Gasteiger partial charge in [-0.3, -0.25) is 0 Å². The largest absolute Gasteiger partial charge is 0.489 e. The van der Waals surface area contributed by atoms with Crippen molar-refractivity contribution in [3.8, 4) is 5.75 Å². The third-order valence-corrected chi connectivity index (χ3v) is 5.51. The van der Waals surface area contributed by atoms with Crippen LogP contribution in [0.1, 0.15) is 46.8 Å². The Labute approximate surface area is 183 Å². The highest BCUT2D eigenvalue weighted by molar-refractivity contribution is 6.03. The van der Waals surface area contributed by atoms with Crippen LogP contribution >= 0.6 is 0 Å². The lowest BCUT2D eigenvalue weighted by atomic mass is 9.99. The van der Waals surface area contributed by atoms with Gasteiger partial charge in [-0.1, -0.05) is 62.4 Å². The molecule has 0 unspecified atom stereocenters. The SMILES string of the molecule is COC(=O)c1cccc2c1ccn2Cc1ccc(OCc2ccccc2)c(C(C)C)c1. The number of rotatable bonds is 7. The molecule has 0 N–H and O–H groups in total. The first-order valence-electron chi connectivity index (χ1n) is 10.5. The zero-order valence-corrected chi connectivity index (χ0v) is 18.2. The van der Waals surface area contributed by atoms with Crippen molar-refractivity contribution in [3.05, 3.63) is 101 Å². The quantitative estimate of drug-likeness (QED) is 0.340. The van der Waals surface area contributed by atoms with Gasteiger partial charge in [-0.15, -0.1) is 0 Å². The van der Waals surface area contributed by atoms with Crippen LogP contribution in [0.15, 0.2) is 79.0 Å². The zero-order valence-electron chi connectivity index (χ0n) is 18.2. The van der Waals surface area contributed by atoms with Crippen LogP contribution in [0.3, 0.4) is 0 Å². The molecule has 0 atom stereocenters. The van der Waals surface area contributed by atoms with Gasteiger partial charge in [-0.05, 0) is 46.9 Å². The minimum atomic E-state index is -0.314. The number of hydrogen-bond acceptors (Lipinski definition) is 3. The summed E-state index contributed by atoms with van der Waals surface area (Å²) in [4.78, 5) is 12.1. The average molecular weight is 414 g/mol. The summed E-state index contributed by atoms with van der Waals surface area (Å²) in [5.41, 5.74) is 5.14. The van der Waals surface area contributed by atoms with E-state index in [1.165, 1.54) is 18.2 Å². The third kappa shape index (κ3) is 4.48. The fourth-order valence-corrected chi connectivity index (χ4v) is 3.86. The molecule has 1 heterocycles. The predicted molar refractivity (Wildman–Crippen MR) is 124 cm³/mol. The maximum absolute atomic E-state index is 12.1. The van der Waals surface area contributed by atoms with Crippen molar-refractivity contribution < 1.29 is 14.3 Å². The first kappa shape index (κ1) is 20.7. The van der Waals surface area contributed by atoms with Crippen molar-refractivity contribution in [2.45, 2.75) is 32.9 Å². The van der Waals surface area contributed by atoms with Crippen molar-refractivity contribution >= 4 is 16.9 Å². The second-order valence-electron chi connectivity index (χ2n) is 7.97. The van der Waals surface area contributed by atoms with Gasteiger partial charge < -0.3 is 14.0 Å². The van der Waals surface area contributed by atoms with Crippen LogP contribution in [0.4, 0.5) is 0 Å². The van der Waals surface area contributed by atoms with Crippen LogP contribution < -0.4 is 4.74 Å². The van der Waals surface area contributed by atoms with Crippen LogP contribution in [-0.4, -0.2) is 17.6 Å². The maximum Gasteiger partial charge on any atom is 0.338 e. The summed E-state index contributed by atoms with van der Waals surface area (Å²) in [7, 11) is 1.41. The number of methoxy groups -OCH3 is 1. The number of carbonyl (C=O) groups is 1. The van der Waals surface area contributed by atoms with E-state index in [2.05, 4.69) is 48.7 Å². The van der Waals surface area contributed by atoms with Crippen molar-refractivity contribution in [3.63, 3.8) is 0 Å². The van der Waals surface area contributed by atoms with Crippen molar-refractivity contribution in [2.75, 3.05) is 7.11 Å². The highest BCUT2D eigenvalue weighted by Crippen LogP contribution is 2.29. The second kappa shape index (κ2) is 9.09. The molecule has 0 aliphatic rings. The monoisotopic (exact) mass is 413 g/mol. The molecule has 0 aliphatic carbocycles. The highest BCUT2D eigenvalue weighted by Gasteiger charge is 2.14. The Balaban J connectivity index is 1.59. The Hall–Kier alpha value is -3.53. The summed E-state index contributed by atoms with van der Waals surface area (Å²) < 4.78 is 13.2. The van der Waals surface area contributed by atoms with Gasteiger partial charge in [-0.2, -0.15) is 0 Å². The summed E-state index contributed by atoms with van der Waals surface area (Å²) in [5, 5.41) is 0.904. The third-order valence-electron chi connectivity index (χ3n) is 5.51. The lowest BCUT2D eigenvalue weighted by Crippen LogP contribution is -2.04. The minimum Gasteiger partial charge on any atom is -0.489 e. The molecule has 0 saturated heterocycles. The van der Waals surface area contributed by atoms with E-state index in [9.17, 15) is 4.79 Å². The van der Waals surface area contributed by atoms with Gasteiger partial charge >= 0.3 is 5.97 Å². The second-order valence-corrected chi connectivity index (χ2v) is 7.97. The normalized spacial score (nSPS) is 11.1. The summed E-state index contributed by atoms with van der Waals surface area (Å²) in [5.74, 6) is 0.955. The topological polar surface area (TPSA) is 40.5 Å². The zero-order chi connectivity index (χ0) is 21.8. The number of aromatic nitrogens is 1. The molecule has 0 bridgehead atoms. The Bertz CT molecular complexity index is 1190. The summed E-state index contributed by atoms with van der Waals surface area (Å²) >= 11 is 0. The fraction of sp³-hybridized carbons (Fsp3) is 0.222. The van der Waals surface area contributed by atoms with E-state index in [1.54, 1.807) is 6.07 Å². The molecule has 1 aromatic heterocycles. The van der Waals surface area contributed by atoms with Gasteiger partial charge in [0.25, 0.3) is 0 Å². The van der Waals surface area contributed by atoms with Crippen molar-refractivity contribution in [1.82, 2.24) is 4.57 Å². The molecule has 0 fully saturated rings. The molecule has 158 valence electrons. The number of benzene rings is 3. The Kier molecular flexibility index (Phi) is 6.08. The van der Waals surface area contributed by atoms with Crippen LogP contribution in [0, 0.1) is 0 Å². The molecule has 31 heavy (non-hydrogen) atoms. The highest BCUT2D eigenvalue weighted by atomic mass is 16.5. The lowest BCUT2D eigenvalue weighted by molar-refractivity contribution is 0.0603. The number of fused-ring (bicyclic) bond motifs is 1. The molecule has 0 saturated carbocycles. The van der Waals surface area contributed by atoms with Crippen LogP contribution in [0.2, 0.25) is 0 Å².